The van der Waals surface area contributed by atoms with Crippen molar-refractivity contribution in [3.63, 3.8) is 0 Å². The van der Waals surface area contributed by atoms with Gasteiger partial charge in [0.2, 0.25) is 0 Å². The monoisotopic (exact) mass is 271 g/mol. The van der Waals surface area contributed by atoms with Crippen LogP contribution < -0.4 is 4.74 Å². The molecule has 0 spiro atoms. The van der Waals surface area contributed by atoms with Gasteiger partial charge in [-0.25, -0.2) is 0 Å². The standard InChI is InChI=1S/C16H14ClNO/c1-11-3-4-12(2)14(7-11)10-19-16-6-5-13(9-18)8-15(16)17/h3-8H,10H2,1-2H3. The molecule has 0 N–H and O–H groups in total. The molecule has 0 aliphatic carbocycles. The van der Waals surface area contributed by atoms with Crippen LogP contribution in [0, 0.1) is 25.2 Å². The van der Waals surface area contributed by atoms with Gasteiger partial charge in [0.15, 0.2) is 0 Å². The number of nitrogens with zero attached hydrogens (tertiary/aromatic N) is 1. The van der Waals surface area contributed by atoms with Crippen LogP contribution in [0.1, 0.15) is 22.3 Å². The molecule has 3 heteroatoms. The number of nitriles is 1. The number of benzene rings is 2. The van der Waals surface area contributed by atoms with E-state index in [4.69, 9.17) is 21.6 Å². The zero-order valence-electron chi connectivity index (χ0n) is 10.9. The zero-order chi connectivity index (χ0) is 13.8. The molecule has 0 saturated heterocycles. The molecular weight excluding hydrogens is 258 g/mol. The molecule has 0 radical (unpaired) electrons. The SMILES string of the molecule is Cc1ccc(C)c(COc2ccc(C#N)cc2Cl)c1. The summed E-state index contributed by atoms with van der Waals surface area (Å²) >= 11 is 6.07. The van der Waals surface area contributed by atoms with Crippen LogP contribution in [0.15, 0.2) is 36.4 Å². The highest BCUT2D eigenvalue weighted by Crippen LogP contribution is 2.26. The van der Waals surface area contributed by atoms with E-state index in [1.807, 2.05) is 6.07 Å². The Balaban J connectivity index is 2.15. The van der Waals surface area contributed by atoms with E-state index in [1.165, 1.54) is 11.1 Å². The lowest BCUT2D eigenvalue weighted by Crippen LogP contribution is -1.99. The normalized spacial score (nSPS) is 10.0. The van der Waals surface area contributed by atoms with Gasteiger partial charge in [-0.15, -0.1) is 0 Å². The summed E-state index contributed by atoms with van der Waals surface area (Å²) < 4.78 is 5.72. The summed E-state index contributed by atoms with van der Waals surface area (Å²) in [5.41, 5.74) is 4.06. The molecule has 0 bridgehead atoms. The molecule has 2 rings (SSSR count). The number of halogens is 1. The molecule has 0 aliphatic heterocycles. The second kappa shape index (κ2) is 5.77. The Kier molecular flexibility index (Phi) is 4.09. The lowest BCUT2D eigenvalue weighted by Gasteiger charge is -2.11. The minimum absolute atomic E-state index is 0.462. The van der Waals surface area contributed by atoms with Crippen LogP contribution in [0.3, 0.4) is 0 Å². The van der Waals surface area contributed by atoms with Crippen LogP contribution in [0.2, 0.25) is 5.02 Å². The van der Waals surface area contributed by atoms with Crippen molar-refractivity contribution in [2.75, 3.05) is 0 Å². The molecule has 19 heavy (non-hydrogen) atoms. The third kappa shape index (κ3) is 3.27. The Labute approximate surface area is 118 Å². The number of rotatable bonds is 3. The molecule has 2 aromatic carbocycles. The predicted octanol–water partition coefficient (Wildman–Crippen LogP) is 4.41. The lowest BCUT2D eigenvalue weighted by molar-refractivity contribution is 0.305. The van der Waals surface area contributed by atoms with Crippen LogP contribution >= 0.6 is 11.6 Å². The highest BCUT2D eigenvalue weighted by atomic mass is 35.5. The quantitative estimate of drug-likeness (QED) is 0.828. The van der Waals surface area contributed by atoms with Gasteiger partial charge in [0.25, 0.3) is 0 Å². The van der Waals surface area contributed by atoms with Gasteiger partial charge in [0.05, 0.1) is 16.7 Å². The van der Waals surface area contributed by atoms with Crippen LogP contribution in [-0.2, 0) is 6.61 Å². The van der Waals surface area contributed by atoms with Crippen LogP contribution in [0.5, 0.6) is 5.75 Å². The van der Waals surface area contributed by atoms with Crippen molar-refractivity contribution in [3.05, 3.63) is 63.7 Å². The van der Waals surface area contributed by atoms with Gasteiger partial charge in [0.1, 0.15) is 12.4 Å². The highest BCUT2D eigenvalue weighted by molar-refractivity contribution is 6.32. The fourth-order valence-corrected chi connectivity index (χ4v) is 2.03. The minimum Gasteiger partial charge on any atom is -0.487 e. The Hall–Kier alpha value is -1.98. The van der Waals surface area contributed by atoms with E-state index in [-0.39, 0.29) is 0 Å². The van der Waals surface area contributed by atoms with E-state index >= 15 is 0 Å². The summed E-state index contributed by atoms with van der Waals surface area (Å²) in [4.78, 5) is 0. The fourth-order valence-electron chi connectivity index (χ4n) is 1.80. The summed E-state index contributed by atoms with van der Waals surface area (Å²) in [6, 6.07) is 13.3. The van der Waals surface area contributed by atoms with Crippen molar-refractivity contribution < 1.29 is 4.74 Å². The molecule has 0 atom stereocenters. The highest BCUT2D eigenvalue weighted by Gasteiger charge is 2.05. The molecule has 0 fully saturated rings. The molecule has 0 unspecified atom stereocenters. The number of hydrogen-bond acceptors (Lipinski definition) is 2. The maximum Gasteiger partial charge on any atom is 0.138 e. The Morgan fingerprint density at radius 3 is 2.63 bits per heavy atom. The first-order valence-electron chi connectivity index (χ1n) is 5.99. The van der Waals surface area contributed by atoms with Crippen LogP contribution in [0.25, 0.3) is 0 Å². The average Bonchev–Trinajstić information content (AvgIpc) is 2.40. The van der Waals surface area contributed by atoms with Gasteiger partial charge in [-0.05, 0) is 43.2 Å². The maximum absolute atomic E-state index is 8.78. The summed E-state index contributed by atoms with van der Waals surface area (Å²) in [5, 5.41) is 9.24. The first-order chi connectivity index (χ1) is 9.10. The Morgan fingerprint density at radius 2 is 1.95 bits per heavy atom. The van der Waals surface area contributed by atoms with Crippen molar-refractivity contribution in [3.8, 4) is 11.8 Å². The predicted molar refractivity (Wildman–Crippen MR) is 76.4 cm³/mol. The van der Waals surface area contributed by atoms with Gasteiger partial charge in [0, 0.05) is 0 Å². The summed E-state index contributed by atoms with van der Waals surface area (Å²) in [6.07, 6.45) is 0. The summed E-state index contributed by atoms with van der Waals surface area (Å²) in [6.45, 7) is 4.58. The smallest absolute Gasteiger partial charge is 0.138 e. The van der Waals surface area contributed by atoms with E-state index in [1.54, 1.807) is 18.2 Å². The second-order valence-electron chi connectivity index (χ2n) is 4.48. The van der Waals surface area contributed by atoms with E-state index in [9.17, 15) is 0 Å². The summed E-state index contributed by atoms with van der Waals surface area (Å²) in [7, 11) is 0. The third-order valence-electron chi connectivity index (χ3n) is 2.95. The molecule has 2 nitrogen and oxygen atoms in total. The number of hydrogen-bond donors (Lipinski definition) is 0. The second-order valence-corrected chi connectivity index (χ2v) is 4.88. The minimum atomic E-state index is 0.462. The molecule has 0 heterocycles. The van der Waals surface area contributed by atoms with E-state index in [2.05, 4.69) is 32.0 Å². The van der Waals surface area contributed by atoms with Gasteiger partial charge in [-0.3, -0.25) is 0 Å². The van der Waals surface area contributed by atoms with Crippen LogP contribution in [0.4, 0.5) is 0 Å². The number of aryl methyl sites for hydroxylation is 2. The van der Waals surface area contributed by atoms with Crippen molar-refractivity contribution in [2.24, 2.45) is 0 Å². The van der Waals surface area contributed by atoms with Crippen molar-refractivity contribution in [1.82, 2.24) is 0 Å². The lowest BCUT2D eigenvalue weighted by atomic mass is 10.1. The molecule has 0 amide bonds. The fraction of sp³-hybridized carbons (Fsp3) is 0.188. The molecule has 0 aromatic heterocycles. The first kappa shape index (κ1) is 13.5. The zero-order valence-corrected chi connectivity index (χ0v) is 11.7. The molecule has 2 aromatic rings. The van der Waals surface area contributed by atoms with Crippen molar-refractivity contribution in [1.29, 1.82) is 5.26 Å². The Morgan fingerprint density at radius 1 is 1.16 bits per heavy atom. The van der Waals surface area contributed by atoms with E-state index in [0.717, 1.165) is 5.56 Å². The van der Waals surface area contributed by atoms with Gasteiger partial charge in [-0.2, -0.15) is 5.26 Å². The van der Waals surface area contributed by atoms with Crippen molar-refractivity contribution in [2.45, 2.75) is 20.5 Å². The largest absolute Gasteiger partial charge is 0.487 e. The maximum atomic E-state index is 8.78. The van der Waals surface area contributed by atoms with Gasteiger partial charge < -0.3 is 4.74 Å². The average molecular weight is 272 g/mol. The third-order valence-corrected chi connectivity index (χ3v) is 3.24. The molecule has 96 valence electrons. The Bertz CT molecular complexity index is 644. The summed E-state index contributed by atoms with van der Waals surface area (Å²) in [5.74, 6) is 0.599. The molecule has 0 saturated carbocycles. The van der Waals surface area contributed by atoms with Gasteiger partial charge >= 0.3 is 0 Å². The number of ether oxygens (including phenoxy) is 1. The van der Waals surface area contributed by atoms with Crippen molar-refractivity contribution >= 4 is 11.6 Å². The molecular formula is C16H14ClNO. The van der Waals surface area contributed by atoms with E-state index < -0.39 is 0 Å². The topological polar surface area (TPSA) is 33.0 Å². The van der Waals surface area contributed by atoms with Crippen LogP contribution in [-0.4, -0.2) is 0 Å². The van der Waals surface area contributed by atoms with Gasteiger partial charge in [-0.1, -0.05) is 35.4 Å². The molecule has 0 aliphatic rings. The van der Waals surface area contributed by atoms with E-state index in [0.29, 0.717) is 22.9 Å². The first-order valence-corrected chi connectivity index (χ1v) is 6.36.